The van der Waals surface area contributed by atoms with Gasteiger partial charge in [0.05, 0.1) is 4.48 Å². The SMILES string of the molecule is O=C1N=C2C(=NC(C(=O)O)=C2Br)C(=O)N1. The molecule has 0 spiro atoms. The first-order chi connectivity index (χ1) is 7.00. The van der Waals surface area contributed by atoms with Crippen LogP contribution in [-0.4, -0.2) is 34.4 Å². The van der Waals surface area contributed by atoms with Crippen LogP contribution in [0.15, 0.2) is 20.2 Å². The van der Waals surface area contributed by atoms with Gasteiger partial charge < -0.3 is 5.11 Å². The van der Waals surface area contributed by atoms with E-state index in [4.69, 9.17) is 5.11 Å². The Balaban J connectivity index is 2.59. The van der Waals surface area contributed by atoms with Crippen molar-refractivity contribution in [3.63, 3.8) is 0 Å². The molecule has 0 radical (unpaired) electrons. The second kappa shape index (κ2) is 3.09. The number of rotatable bonds is 1. The Morgan fingerprint density at radius 1 is 1.27 bits per heavy atom. The van der Waals surface area contributed by atoms with E-state index in [-0.39, 0.29) is 21.6 Å². The van der Waals surface area contributed by atoms with E-state index in [0.717, 1.165) is 0 Å². The summed E-state index contributed by atoms with van der Waals surface area (Å²) in [4.78, 5) is 39.8. The largest absolute Gasteiger partial charge is 0.476 e. The van der Waals surface area contributed by atoms with Crippen molar-refractivity contribution in [1.82, 2.24) is 5.32 Å². The summed E-state index contributed by atoms with van der Waals surface area (Å²) in [6.07, 6.45) is 0. The topological polar surface area (TPSA) is 108 Å². The van der Waals surface area contributed by atoms with Gasteiger partial charge in [0.2, 0.25) is 0 Å². The Morgan fingerprint density at radius 3 is 2.53 bits per heavy atom. The van der Waals surface area contributed by atoms with E-state index in [1.807, 2.05) is 5.32 Å². The molecular weight excluding hydrogens is 270 g/mol. The molecule has 0 aromatic carbocycles. The summed E-state index contributed by atoms with van der Waals surface area (Å²) in [6.45, 7) is 0. The molecule has 0 aromatic heterocycles. The first-order valence-corrected chi connectivity index (χ1v) is 4.46. The van der Waals surface area contributed by atoms with E-state index in [0.29, 0.717) is 0 Å². The van der Waals surface area contributed by atoms with Crippen molar-refractivity contribution < 1.29 is 19.5 Å². The van der Waals surface area contributed by atoms with Crippen LogP contribution in [0.2, 0.25) is 0 Å². The van der Waals surface area contributed by atoms with Gasteiger partial charge in [-0.25, -0.2) is 14.6 Å². The zero-order chi connectivity index (χ0) is 11.2. The van der Waals surface area contributed by atoms with E-state index >= 15 is 0 Å². The van der Waals surface area contributed by atoms with Crippen LogP contribution >= 0.6 is 15.9 Å². The van der Waals surface area contributed by atoms with E-state index in [1.165, 1.54) is 0 Å². The third-order valence-electron chi connectivity index (χ3n) is 1.72. The smallest absolute Gasteiger partial charge is 0.355 e. The molecule has 0 unspecified atom stereocenters. The molecule has 3 amide bonds. The highest BCUT2D eigenvalue weighted by atomic mass is 79.9. The molecule has 0 aliphatic carbocycles. The monoisotopic (exact) mass is 271 g/mol. The van der Waals surface area contributed by atoms with E-state index in [9.17, 15) is 14.4 Å². The highest BCUT2D eigenvalue weighted by molar-refractivity contribution is 9.12. The number of urea groups is 1. The number of carboxylic acid groups (broad SMARTS) is 1. The van der Waals surface area contributed by atoms with Crippen LogP contribution < -0.4 is 5.32 Å². The number of aliphatic imine (C=N–C) groups is 2. The molecule has 0 bridgehead atoms. The number of hydrogen-bond donors (Lipinski definition) is 2. The molecule has 2 aliphatic heterocycles. The van der Waals surface area contributed by atoms with Crippen molar-refractivity contribution in [2.75, 3.05) is 0 Å². The minimum absolute atomic E-state index is 0.0354. The molecule has 8 heteroatoms. The van der Waals surface area contributed by atoms with Gasteiger partial charge in [-0.3, -0.25) is 10.1 Å². The molecule has 0 saturated carbocycles. The lowest BCUT2D eigenvalue weighted by Crippen LogP contribution is -2.42. The molecule has 0 aromatic rings. The fourth-order valence-electron chi connectivity index (χ4n) is 1.12. The molecule has 0 saturated heterocycles. The summed E-state index contributed by atoms with van der Waals surface area (Å²) >= 11 is 2.92. The first-order valence-electron chi connectivity index (χ1n) is 3.67. The number of allylic oxidation sites excluding steroid dienone is 1. The molecule has 2 aliphatic rings. The summed E-state index contributed by atoms with van der Waals surface area (Å²) in [6, 6.07) is -0.836. The van der Waals surface area contributed by atoms with Crippen molar-refractivity contribution in [2.24, 2.45) is 9.98 Å². The van der Waals surface area contributed by atoms with Crippen molar-refractivity contribution in [2.45, 2.75) is 0 Å². The average Bonchev–Trinajstić information content (AvgIpc) is 2.44. The number of carboxylic acids is 1. The number of nitrogens with one attached hydrogen (secondary N) is 1. The van der Waals surface area contributed by atoms with E-state index < -0.39 is 17.9 Å². The number of aliphatic carboxylic acids is 1. The molecule has 0 atom stereocenters. The quantitative estimate of drug-likeness (QED) is 0.690. The van der Waals surface area contributed by atoms with Crippen LogP contribution in [-0.2, 0) is 9.59 Å². The van der Waals surface area contributed by atoms with E-state index in [1.54, 1.807) is 0 Å². The minimum atomic E-state index is -1.30. The van der Waals surface area contributed by atoms with Gasteiger partial charge in [0.15, 0.2) is 11.4 Å². The van der Waals surface area contributed by atoms with Gasteiger partial charge in [0, 0.05) is 0 Å². The highest BCUT2D eigenvalue weighted by Crippen LogP contribution is 2.24. The summed E-state index contributed by atoms with van der Waals surface area (Å²) in [7, 11) is 0. The predicted molar refractivity (Wildman–Crippen MR) is 52.0 cm³/mol. The highest BCUT2D eigenvalue weighted by Gasteiger charge is 2.36. The zero-order valence-corrected chi connectivity index (χ0v) is 8.53. The van der Waals surface area contributed by atoms with Crippen LogP contribution in [0.5, 0.6) is 0 Å². The van der Waals surface area contributed by atoms with Crippen LogP contribution in [0, 0.1) is 0 Å². The number of fused-ring (bicyclic) bond motifs is 1. The second-order valence-electron chi connectivity index (χ2n) is 2.65. The third kappa shape index (κ3) is 1.38. The second-order valence-corrected chi connectivity index (χ2v) is 3.44. The number of imide groups is 1. The summed E-state index contributed by atoms with van der Waals surface area (Å²) in [5.41, 5.74) is -0.548. The van der Waals surface area contributed by atoms with Gasteiger partial charge in [-0.15, -0.1) is 0 Å². The summed E-state index contributed by atoms with van der Waals surface area (Å²) in [5.74, 6) is -2.05. The number of amides is 3. The van der Waals surface area contributed by atoms with Crippen molar-refractivity contribution in [3.05, 3.63) is 10.2 Å². The minimum Gasteiger partial charge on any atom is -0.476 e. The Kier molecular flexibility index (Phi) is 2.00. The molecule has 7 nitrogen and oxygen atoms in total. The molecule has 2 N–H and O–H groups in total. The Bertz CT molecular complexity index is 502. The van der Waals surface area contributed by atoms with Crippen molar-refractivity contribution in [3.8, 4) is 0 Å². The molecule has 2 rings (SSSR count). The maximum Gasteiger partial charge on any atom is 0.355 e. The van der Waals surface area contributed by atoms with Crippen molar-refractivity contribution in [1.29, 1.82) is 0 Å². The first kappa shape index (κ1) is 9.71. The summed E-state index contributed by atoms with van der Waals surface area (Å²) < 4.78 is 0.0354. The Morgan fingerprint density at radius 2 is 1.93 bits per heavy atom. The number of halogens is 1. The number of carbonyl (C=O) groups excluding carboxylic acids is 2. The van der Waals surface area contributed by atoms with Gasteiger partial charge in [0.1, 0.15) is 5.71 Å². The fraction of sp³-hybridized carbons (Fsp3) is 0. The lowest BCUT2D eigenvalue weighted by atomic mass is 10.2. The molecule has 76 valence electrons. The van der Waals surface area contributed by atoms with Crippen LogP contribution in [0.25, 0.3) is 0 Å². The van der Waals surface area contributed by atoms with Crippen molar-refractivity contribution >= 4 is 45.3 Å². The lowest BCUT2D eigenvalue weighted by molar-refractivity contribution is -0.132. The van der Waals surface area contributed by atoms with Gasteiger partial charge >= 0.3 is 12.0 Å². The van der Waals surface area contributed by atoms with E-state index in [2.05, 4.69) is 25.9 Å². The van der Waals surface area contributed by atoms with Crippen LogP contribution in [0.4, 0.5) is 4.79 Å². The normalized spacial score (nSPS) is 19.5. The Hall–Kier alpha value is -1.83. The van der Waals surface area contributed by atoms with Gasteiger partial charge in [-0.1, -0.05) is 0 Å². The predicted octanol–water partition coefficient (Wildman–Crippen LogP) is -0.177. The number of hydrogen-bond acceptors (Lipinski definition) is 4. The van der Waals surface area contributed by atoms with Gasteiger partial charge in [-0.05, 0) is 15.9 Å². The third-order valence-corrected chi connectivity index (χ3v) is 2.47. The maximum atomic E-state index is 11.2. The zero-order valence-electron chi connectivity index (χ0n) is 6.94. The Labute approximate surface area is 90.7 Å². The van der Waals surface area contributed by atoms with Gasteiger partial charge in [-0.2, -0.15) is 4.99 Å². The standard InChI is InChI=1S/C7H2BrN3O4/c8-1-2-4(9-3(1)6(13)14)5(12)11-7(15)10-2/h(H,13,14)(H,11,12,15). The fourth-order valence-corrected chi connectivity index (χ4v) is 1.65. The molecule has 15 heavy (non-hydrogen) atoms. The number of carbonyl (C=O) groups is 3. The maximum absolute atomic E-state index is 11.2. The van der Waals surface area contributed by atoms with Crippen LogP contribution in [0.1, 0.15) is 0 Å². The molecule has 0 fully saturated rings. The van der Waals surface area contributed by atoms with Gasteiger partial charge in [0.25, 0.3) is 5.91 Å². The van der Waals surface area contributed by atoms with Crippen LogP contribution in [0.3, 0.4) is 0 Å². The number of nitrogens with zero attached hydrogens (tertiary/aromatic N) is 2. The molecule has 2 heterocycles. The lowest BCUT2D eigenvalue weighted by Gasteiger charge is -2.07. The summed E-state index contributed by atoms with van der Waals surface area (Å²) in [5, 5.41) is 10.6. The average molecular weight is 272 g/mol. The molecular formula is C7H2BrN3O4.